The van der Waals surface area contributed by atoms with Gasteiger partial charge in [-0.15, -0.1) is 0 Å². The zero-order valence-electron chi connectivity index (χ0n) is 5.56. The Labute approximate surface area is 66.9 Å². The molecule has 0 aliphatic carbocycles. The van der Waals surface area contributed by atoms with Gasteiger partial charge in [0.25, 0.3) is 0 Å². The van der Waals surface area contributed by atoms with Crippen molar-refractivity contribution in [2.45, 2.75) is 6.29 Å². The minimum absolute atomic E-state index is 0.447. The second-order valence-electron chi connectivity index (χ2n) is 1.88. The van der Waals surface area contributed by atoms with Gasteiger partial charge in [-0.3, -0.25) is 9.05 Å². The molecule has 1 aliphatic rings. The maximum Gasteiger partial charge on any atom is 0.486 e. The largest absolute Gasteiger partial charge is 0.486 e. The molecule has 0 aromatic heterocycles. The first-order valence-corrected chi connectivity index (χ1v) is 5.68. The molecule has 12 heavy (non-hydrogen) atoms. The minimum Gasteiger partial charge on any atom is -0.366 e. The van der Waals surface area contributed by atoms with E-state index in [0.29, 0.717) is 0 Å². The molecule has 0 aromatic carbocycles. The highest BCUT2D eigenvalue weighted by Crippen LogP contribution is 2.63. The van der Waals surface area contributed by atoms with Crippen LogP contribution in [0, 0.1) is 0 Å². The summed E-state index contributed by atoms with van der Waals surface area (Å²) in [5.41, 5.74) is 0. The Morgan fingerprint density at radius 1 is 1.58 bits per heavy atom. The average molecular weight is 220 g/mol. The van der Waals surface area contributed by atoms with Gasteiger partial charge in [-0.25, -0.2) is 9.13 Å². The number of rotatable bonds is 2. The molecule has 0 radical (unpaired) electrons. The molecule has 1 heterocycles. The molecule has 1 aliphatic heterocycles. The number of hydrogen-bond donors (Lipinski definition) is 3. The fourth-order valence-electron chi connectivity index (χ4n) is 0.538. The molecule has 1 fully saturated rings. The molecule has 8 nitrogen and oxygen atoms in total. The number of hydrogen-bond acceptors (Lipinski definition) is 6. The van der Waals surface area contributed by atoms with Crippen molar-refractivity contribution < 1.29 is 37.4 Å². The summed E-state index contributed by atoms with van der Waals surface area (Å²) < 4.78 is 33.0. The number of aliphatic hydroxyl groups excluding tert-OH is 1. The van der Waals surface area contributed by atoms with Gasteiger partial charge in [0.15, 0.2) is 6.29 Å². The fourth-order valence-corrected chi connectivity index (χ4v) is 2.65. The second-order valence-corrected chi connectivity index (χ2v) is 4.87. The quantitative estimate of drug-likeness (QED) is 0.535. The Balaban J connectivity index is 2.64. The van der Waals surface area contributed by atoms with Crippen molar-refractivity contribution in [2.75, 3.05) is 6.61 Å². The first-order valence-electron chi connectivity index (χ1n) is 2.69. The molecule has 3 N–H and O–H groups in total. The van der Waals surface area contributed by atoms with Crippen LogP contribution in [0.15, 0.2) is 0 Å². The summed E-state index contributed by atoms with van der Waals surface area (Å²) in [4.78, 5) is 16.4. The van der Waals surface area contributed by atoms with Crippen LogP contribution in [0.5, 0.6) is 0 Å². The lowest BCUT2D eigenvalue weighted by molar-refractivity contribution is -0.00277. The van der Waals surface area contributed by atoms with E-state index >= 15 is 0 Å². The molecule has 1 saturated heterocycles. The van der Waals surface area contributed by atoms with Crippen LogP contribution in [0.4, 0.5) is 0 Å². The molecular weight excluding hydrogens is 214 g/mol. The van der Waals surface area contributed by atoms with Crippen LogP contribution in [0.25, 0.3) is 0 Å². The summed E-state index contributed by atoms with van der Waals surface area (Å²) in [5, 5.41) is 8.61. The van der Waals surface area contributed by atoms with E-state index in [1.165, 1.54) is 0 Å². The van der Waals surface area contributed by atoms with Gasteiger partial charge in [0.2, 0.25) is 0 Å². The maximum atomic E-state index is 10.9. The van der Waals surface area contributed by atoms with Crippen LogP contribution in [-0.4, -0.2) is 27.8 Å². The van der Waals surface area contributed by atoms with E-state index in [9.17, 15) is 9.13 Å². The van der Waals surface area contributed by atoms with Gasteiger partial charge in [0, 0.05) is 0 Å². The van der Waals surface area contributed by atoms with Crippen molar-refractivity contribution in [1.29, 1.82) is 0 Å². The Kier molecular flexibility index (Phi) is 2.72. The Hall–Kier alpha value is 0.220. The normalized spacial score (nSPS) is 37.1. The van der Waals surface area contributed by atoms with Crippen molar-refractivity contribution in [3.63, 3.8) is 0 Å². The van der Waals surface area contributed by atoms with Crippen LogP contribution < -0.4 is 0 Å². The van der Waals surface area contributed by atoms with Gasteiger partial charge in [-0.2, -0.15) is 4.31 Å². The molecule has 1 rings (SSSR count). The highest BCUT2D eigenvalue weighted by Gasteiger charge is 2.43. The van der Waals surface area contributed by atoms with Crippen molar-refractivity contribution in [2.24, 2.45) is 0 Å². The first-order chi connectivity index (χ1) is 5.31. The molecule has 0 aromatic rings. The van der Waals surface area contributed by atoms with Crippen molar-refractivity contribution >= 4 is 15.6 Å². The summed E-state index contributed by atoms with van der Waals surface area (Å²) in [6.07, 6.45) is -1.48. The Bertz CT molecular complexity index is 254. The van der Waals surface area contributed by atoms with Crippen molar-refractivity contribution in [3.8, 4) is 0 Å². The third-order valence-electron chi connectivity index (χ3n) is 0.832. The summed E-state index contributed by atoms with van der Waals surface area (Å²) >= 11 is 0. The molecule has 2 atom stereocenters. The predicted octanol–water partition coefficient (Wildman–Crippen LogP) is -0.431. The van der Waals surface area contributed by atoms with E-state index in [1.54, 1.807) is 0 Å². The van der Waals surface area contributed by atoms with E-state index in [-0.39, 0.29) is 0 Å². The zero-order valence-corrected chi connectivity index (χ0v) is 7.35. The van der Waals surface area contributed by atoms with Crippen molar-refractivity contribution in [3.05, 3.63) is 0 Å². The Morgan fingerprint density at radius 3 is 2.50 bits per heavy atom. The van der Waals surface area contributed by atoms with E-state index < -0.39 is 28.5 Å². The van der Waals surface area contributed by atoms with Crippen LogP contribution in [-0.2, 0) is 22.5 Å². The molecule has 0 amide bonds. The summed E-state index contributed by atoms with van der Waals surface area (Å²) in [5.74, 6) is 0. The number of phosphoric ester groups is 1. The first kappa shape index (κ1) is 10.3. The van der Waals surface area contributed by atoms with E-state index in [0.717, 1.165) is 0 Å². The topological polar surface area (TPSA) is 123 Å². The number of aliphatic hydroxyl groups is 1. The molecule has 0 bridgehead atoms. The Morgan fingerprint density at radius 2 is 2.17 bits per heavy atom. The smallest absolute Gasteiger partial charge is 0.366 e. The van der Waals surface area contributed by atoms with Crippen LogP contribution >= 0.6 is 15.6 Å². The highest BCUT2D eigenvalue weighted by molar-refractivity contribution is 7.61. The lowest BCUT2D eigenvalue weighted by Crippen LogP contribution is -2.05. The SMILES string of the molecule is O=P(O)(O)OP1(=O)OCC(O)O1. The van der Waals surface area contributed by atoms with Gasteiger partial charge in [0.1, 0.15) is 6.61 Å². The van der Waals surface area contributed by atoms with Crippen LogP contribution in [0.1, 0.15) is 0 Å². The molecule has 0 saturated carbocycles. The standard InChI is InChI=1S/C2H6O8P2/c3-2-1-8-12(7,9-2)10-11(4,5)6/h2-3H,1H2,(H2,4,5,6). The van der Waals surface area contributed by atoms with Gasteiger partial charge in [-0.05, 0) is 0 Å². The summed E-state index contributed by atoms with van der Waals surface area (Å²) in [6, 6.07) is 0. The van der Waals surface area contributed by atoms with E-state index in [1.807, 2.05) is 0 Å². The summed E-state index contributed by atoms with van der Waals surface area (Å²) in [6.45, 7) is -0.447. The lowest BCUT2D eigenvalue weighted by atomic mass is 10.7. The van der Waals surface area contributed by atoms with Gasteiger partial charge < -0.3 is 14.9 Å². The number of phosphoric acid groups is 2. The third-order valence-corrected chi connectivity index (χ3v) is 3.45. The fraction of sp³-hybridized carbons (Fsp3) is 1.00. The minimum atomic E-state index is -4.93. The highest BCUT2D eigenvalue weighted by atomic mass is 31.3. The molecule has 10 heteroatoms. The van der Waals surface area contributed by atoms with Crippen LogP contribution in [0.3, 0.4) is 0 Å². The van der Waals surface area contributed by atoms with Gasteiger partial charge in [-0.1, -0.05) is 0 Å². The van der Waals surface area contributed by atoms with Crippen LogP contribution in [0.2, 0.25) is 0 Å². The van der Waals surface area contributed by atoms with Gasteiger partial charge in [0.05, 0.1) is 0 Å². The maximum absolute atomic E-state index is 10.9. The molecular formula is C2H6O8P2. The monoisotopic (exact) mass is 220 g/mol. The van der Waals surface area contributed by atoms with Crippen molar-refractivity contribution in [1.82, 2.24) is 0 Å². The molecule has 0 spiro atoms. The molecule has 72 valence electrons. The van der Waals surface area contributed by atoms with Gasteiger partial charge >= 0.3 is 15.6 Å². The predicted molar refractivity (Wildman–Crippen MR) is 33.8 cm³/mol. The zero-order chi connectivity index (χ0) is 9.41. The third kappa shape index (κ3) is 2.93. The molecule has 2 unspecified atom stereocenters. The summed E-state index contributed by atoms with van der Waals surface area (Å²) in [7, 11) is -9.19. The second kappa shape index (κ2) is 3.17. The lowest BCUT2D eigenvalue weighted by Gasteiger charge is -2.09. The average Bonchev–Trinajstić information content (AvgIpc) is 2.05. The van der Waals surface area contributed by atoms with E-state index in [4.69, 9.17) is 14.9 Å². The van der Waals surface area contributed by atoms with E-state index in [2.05, 4.69) is 13.4 Å².